The Morgan fingerprint density at radius 2 is 1.35 bits per heavy atom. The molecule has 17 heavy (non-hydrogen) atoms. The molecule has 1 heteroatoms. The highest BCUT2D eigenvalue weighted by Crippen LogP contribution is 2.10. The molecule has 0 fully saturated rings. The summed E-state index contributed by atoms with van der Waals surface area (Å²) >= 11 is 0. The predicted octanol–water partition coefficient (Wildman–Crippen LogP) is 4.63. The van der Waals surface area contributed by atoms with Gasteiger partial charge in [0.1, 0.15) is 0 Å². The standard InChI is InChI=1S/C16H29N/c1-14(2)8-6-9-15(3)10-7-11-16(4)12-13-17-5/h8,10,12,17H,6-7,9,11,13H2,1-5H3. The molecule has 0 heterocycles. The second-order valence-corrected chi connectivity index (χ2v) is 5.02. The molecule has 0 aromatic rings. The second-order valence-electron chi connectivity index (χ2n) is 5.02. The Hall–Kier alpha value is -0.820. The van der Waals surface area contributed by atoms with Crippen LogP contribution in [0.4, 0.5) is 0 Å². The molecule has 0 radical (unpaired) electrons. The fourth-order valence-electron chi connectivity index (χ4n) is 1.62. The van der Waals surface area contributed by atoms with Gasteiger partial charge in [-0.1, -0.05) is 34.9 Å². The summed E-state index contributed by atoms with van der Waals surface area (Å²) in [5, 5.41) is 3.14. The molecule has 0 unspecified atom stereocenters. The van der Waals surface area contributed by atoms with E-state index < -0.39 is 0 Å². The van der Waals surface area contributed by atoms with Gasteiger partial charge in [0.05, 0.1) is 0 Å². The van der Waals surface area contributed by atoms with Crippen LogP contribution in [0, 0.1) is 0 Å². The molecule has 1 nitrogen and oxygen atoms in total. The molecular formula is C16H29N. The van der Waals surface area contributed by atoms with Crippen molar-refractivity contribution in [2.24, 2.45) is 0 Å². The van der Waals surface area contributed by atoms with Gasteiger partial charge in [-0.2, -0.15) is 0 Å². The van der Waals surface area contributed by atoms with E-state index in [0.717, 1.165) is 6.54 Å². The molecule has 0 rings (SSSR count). The highest BCUT2D eigenvalue weighted by molar-refractivity contribution is 5.05. The number of likely N-dealkylation sites (N-methyl/N-ethyl adjacent to an activating group) is 1. The van der Waals surface area contributed by atoms with E-state index in [4.69, 9.17) is 0 Å². The Labute approximate surface area is 108 Å². The Morgan fingerprint density at radius 3 is 1.88 bits per heavy atom. The average Bonchev–Trinajstić information content (AvgIpc) is 2.25. The summed E-state index contributed by atoms with van der Waals surface area (Å²) in [5.74, 6) is 0. The van der Waals surface area contributed by atoms with Crippen molar-refractivity contribution >= 4 is 0 Å². The lowest BCUT2D eigenvalue weighted by atomic mass is 10.1. The van der Waals surface area contributed by atoms with E-state index in [1.165, 1.54) is 42.4 Å². The van der Waals surface area contributed by atoms with Gasteiger partial charge in [0.25, 0.3) is 0 Å². The van der Waals surface area contributed by atoms with Gasteiger partial charge in [0.15, 0.2) is 0 Å². The van der Waals surface area contributed by atoms with E-state index in [2.05, 4.69) is 51.2 Å². The van der Waals surface area contributed by atoms with E-state index in [-0.39, 0.29) is 0 Å². The maximum absolute atomic E-state index is 3.14. The van der Waals surface area contributed by atoms with E-state index in [1.807, 2.05) is 7.05 Å². The predicted molar refractivity (Wildman–Crippen MR) is 79.3 cm³/mol. The maximum Gasteiger partial charge on any atom is 0.0134 e. The molecule has 98 valence electrons. The Morgan fingerprint density at radius 1 is 0.824 bits per heavy atom. The highest BCUT2D eigenvalue weighted by Gasteiger charge is 1.91. The normalized spacial score (nSPS) is 12.8. The third-order valence-electron chi connectivity index (χ3n) is 2.78. The van der Waals surface area contributed by atoms with Gasteiger partial charge in [-0.25, -0.2) is 0 Å². The van der Waals surface area contributed by atoms with Crippen molar-refractivity contribution in [3.8, 4) is 0 Å². The summed E-state index contributed by atoms with van der Waals surface area (Å²) in [6, 6.07) is 0. The largest absolute Gasteiger partial charge is 0.316 e. The lowest BCUT2D eigenvalue weighted by Gasteiger charge is -2.01. The van der Waals surface area contributed by atoms with Crippen LogP contribution in [0.3, 0.4) is 0 Å². The fraction of sp³-hybridized carbons (Fsp3) is 0.625. The molecular weight excluding hydrogens is 206 g/mol. The SMILES string of the molecule is CNCC=C(C)CCC=C(C)CCC=C(C)C. The number of allylic oxidation sites excluding steroid dienone is 5. The number of hydrogen-bond donors (Lipinski definition) is 1. The minimum absolute atomic E-state index is 0.981. The lowest BCUT2D eigenvalue weighted by molar-refractivity contribution is 0.883. The van der Waals surface area contributed by atoms with Crippen LogP contribution in [0.1, 0.15) is 53.4 Å². The minimum Gasteiger partial charge on any atom is -0.316 e. The van der Waals surface area contributed by atoms with Gasteiger partial charge < -0.3 is 5.32 Å². The van der Waals surface area contributed by atoms with Crippen LogP contribution in [0.2, 0.25) is 0 Å². The van der Waals surface area contributed by atoms with Crippen molar-refractivity contribution in [2.75, 3.05) is 13.6 Å². The first-order valence-corrected chi connectivity index (χ1v) is 6.65. The molecule has 0 aliphatic heterocycles. The second kappa shape index (κ2) is 10.3. The Bertz CT molecular complexity index is 278. The van der Waals surface area contributed by atoms with Gasteiger partial charge >= 0.3 is 0 Å². The van der Waals surface area contributed by atoms with Gasteiger partial charge in [-0.05, 0) is 60.4 Å². The molecule has 0 amide bonds. The molecule has 0 saturated heterocycles. The zero-order chi connectivity index (χ0) is 13.1. The average molecular weight is 235 g/mol. The van der Waals surface area contributed by atoms with Crippen LogP contribution in [0.15, 0.2) is 34.9 Å². The molecule has 0 atom stereocenters. The number of rotatable bonds is 8. The van der Waals surface area contributed by atoms with Crippen LogP contribution in [-0.2, 0) is 0 Å². The molecule has 0 aromatic heterocycles. The molecule has 0 bridgehead atoms. The smallest absolute Gasteiger partial charge is 0.0134 e. The summed E-state index contributed by atoms with van der Waals surface area (Å²) in [7, 11) is 1.98. The van der Waals surface area contributed by atoms with Crippen molar-refractivity contribution in [1.29, 1.82) is 0 Å². The topological polar surface area (TPSA) is 12.0 Å². The fourth-order valence-corrected chi connectivity index (χ4v) is 1.62. The quantitative estimate of drug-likeness (QED) is 0.605. The molecule has 1 N–H and O–H groups in total. The van der Waals surface area contributed by atoms with Gasteiger partial charge in [0, 0.05) is 6.54 Å². The summed E-state index contributed by atoms with van der Waals surface area (Å²) in [6.07, 6.45) is 11.7. The van der Waals surface area contributed by atoms with Gasteiger partial charge in [-0.15, -0.1) is 0 Å². The first-order valence-electron chi connectivity index (χ1n) is 6.65. The molecule has 0 aromatic carbocycles. The van der Waals surface area contributed by atoms with Crippen molar-refractivity contribution in [2.45, 2.75) is 53.4 Å². The van der Waals surface area contributed by atoms with Crippen LogP contribution in [-0.4, -0.2) is 13.6 Å². The highest BCUT2D eigenvalue weighted by atomic mass is 14.8. The summed E-state index contributed by atoms with van der Waals surface area (Å²) in [6.45, 7) is 9.76. The van der Waals surface area contributed by atoms with Crippen molar-refractivity contribution in [3.05, 3.63) is 34.9 Å². The Balaban J connectivity index is 3.80. The monoisotopic (exact) mass is 235 g/mol. The van der Waals surface area contributed by atoms with E-state index in [9.17, 15) is 0 Å². The molecule has 0 aliphatic carbocycles. The molecule has 0 aliphatic rings. The minimum atomic E-state index is 0.981. The zero-order valence-corrected chi connectivity index (χ0v) is 12.3. The van der Waals surface area contributed by atoms with Crippen molar-refractivity contribution in [1.82, 2.24) is 5.32 Å². The lowest BCUT2D eigenvalue weighted by Crippen LogP contribution is -2.04. The summed E-state index contributed by atoms with van der Waals surface area (Å²) in [5.41, 5.74) is 4.42. The zero-order valence-electron chi connectivity index (χ0n) is 12.3. The first kappa shape index (κ1) is 16.2. The third kappa shape index (κ3) is 11.4. The summed E-state index contributed by atoms with van der Waals surface area (Å²) < 4.78 is 0. The Kier molecular flexibility index (Phi) is 9.84. The third-order valence-corrected chi connectivity index (χ3v) is 2.78. The van der Waals surface area contributed by atoms with E-state index in [0.29, 0.717) is 0 Å². The first-order chi connectivity index (χ1) is 8.06. The van der Waals surface area contributed by atoms with Gasteiger partial charge in [-0.3, -0.25) is 0 Å². The van der Waals surface area contributed by atoms with Crippen LogP contribution >= 0.6 is 0 Å². The van der Waals surface area contributed by atoms with Crippen LogP contribution in [0.5, 0.6) is 0 Å². The summed E-state index contributed by atoms with van der Waals surface area (Å²) in [4.78, 5) is 0. The van der Waals surface area contributed by atoms with Gasteiger partial charge in [0.2, 0.25) is 0 Å². The number of hydrogen-bond acceptors (Lipinski definition) is 1. The van der Waals surface area contributed by atoms with Crippen molar-refractivity contribution in [3.63, 3.8) is 0 Å². The molecule has 0 saturated carbocycles. The van der Waals surface area contributed by atoms with Crippen LogP contribution in [0.25, 0.3) is 0 Å². The van der Waals surface area contributed by atoms with E-state index in [1.54, 1.807) is 0 Å². The maximum atomic E-state index is 3.14. The molecule has 0 spiro atoms. The van der Waals surface area contributed by atoms with Crippen LogP contribution < -0.4 is 5.32 Å². The number of nitrogens with one attached hydrogen (secondary N) is 1. The van der Waals surface area contributed by atoms with Crippen molar-refractivity contribution < 1.29 is 0 Å². The van der Waals surface area contributed by atoms with E-state index >= 15 is 0 Å².